The number of ether oxygens (including phenoxy) is 3. The minimum atomic E-state index is -0.804. The summed E-state index contributed by atoms with van der Waals surface area (Å²) in [6.07, 6.45) is 0.555. The zero-order chi connectivity index (χ0) is 21.4. The van der Waals surface area contributed by atoms with Crippen LogP contribution in [0.2, 0.25) is 0 Å². The second-order valence-electron chi connectivity index (χ2n) is 7.08. The molecule has 0 aromatic heterocycles. The van der Waals surface area contributed by atoms with Crippen LogP contribution in [-0.2, 0) is 29.6 Å². The monoisotopic (exact) mass is 411 g/mol. The van der Waals surface area contributed by atoms with E-state index in [0.717, 1.165) is 5.56 Å². The Labute approximate surface area is 175 Å². The lowest BCUT2D eigenvalue weighted by atomic mass is 10.1. The third-order valence-electron chi connectivity index (χ3n) is 4.75. The summed E-state index contributed by atoms with van der Waals surface area (Å²) in [7, 11) is 0. The summed E-state index contributed by atoms with van der Waals surface area (Å²) >= 11 is 0. The Balaban J connectivity index is 1.39. The fraction of sp³-hybridized carbons (Fsp3) is 0.348. The number of hydrogen-bond acceptors (Lipinski definition) is 6. The van der Waals surface area contributed by atoms with Gasteiger partial charge >= 0.3 is 5.97 Å². The highest BCUT2D eigenvalue weighted by atomic mass is 16.7. The summed E-state index contributed by atoms with van der Waals surface area (Å²) < 4.78 is 16.3. The molecule has 0 saturated carbocycles. The van der Waals surface area contributed by atoms with Crippen LogP contribution in [0.3, 0.4) is 0 Å². The second-order valence-corrected chi connectivity index (χ2v) is 7.08. The maximum Gasteiger partial charge on any atom is 0.306 e. The van der Waals surface area contributed by atoms with Gasteiger partial charge in [0.2, 0.25) is 5.91 Å². The van der Waals surface area contributed by atoms with Gasteiger partial charge in [0.1, 0.15) is 0 Å². The number of carbonyl (C=O) groups excluding carboxylic acids is 3. The molecule has 2 aromatic carbocycles. The normalized spacial score (nSPS) is 14.8. The van der Waals surface area contributed by atoms with Gasteiger partial charge < -0.3 is 19.5 Å². The molecule has 0 unspecified atom stereocenters. The highest BCUT2D eigenvalue weighted by molar-refractivity contribution is 5.97. The lowest BCUT2D eigenvalue weighted by molar-refractivity contribution is -0.149. The molecule has 7 nitrogen and oxygen atoms in total. The number of nitrogens with one attached hydrogen (secondary N) is 1. The van der Waals surface area contributed by atoms with Crippen molar-refractivity contribution in [3.63, 3.8) is 0 Å². The molecule has 0 spiro atoms. The van der Waals surface area contributed by atoms with Crippen LogP contribution < -0.4 is 5.32 Å². The Morgan fingerprint density at radius 1 is 1.00 bits per heavy atom. The molecule has 0 aliphatic carbocycles. The first-order chi connectivity index (χ1) is 14.5. The molecule has 0 radical (unpaired) electrons. The van der Waals surface area contributed by atoms with Gasteiger partial charge in [-0.2, -0.15) is 0 Å². The first kappa shape index (κ1) is 21.7. The van der Waals surface area contributed by atoms with Gasteiger partial charge in [0.15, 0.2) is 18.2 Å². The Hall–Kier alpha value is -3.03. The van der Waals surface area contributed by atoms with Crippen molar-refractivity contribution in [2.75, 3.05) is 25.1 Å². The number of rotatable bonds is 9. The van der Waals surface area contributed by atoms with E-state index in [1.54, 1.807) is 36.4 Å². The Bertz CT molecular complexity index is 890. The molecular formula is C23H25NO6. The number of esters is 1. The molecule has 0 atom stereocenters. The minimum Gasteiger partial charge on any atom is -0.457 e. The number of hydrogen-bond donors (Lipinski definition) is 1. The number of benzene rings is 2. The van der Waals surface area contributed by atoms with Crippen LogP contribution in [0.4, 0.5) is 5.69 Å². The Morgan fingerprint density at radius 2 is 1.73 bits per heavy atom. The van der Waals surface area contributed by atoms with Gasteiger partial charge in [-0.05, 0) is 25.5 Å². The molecule has 1 aliphatic rings. The smallest absolute Gasteiger partial charge is 0.306 e. The predicted octanol–water partition coefficient (Wildman–Crippen LogP) is 3.44. The van der Waals surface area contributed by atoms with Crippen molar-refractivity contribution in [1.82, 2.24) is 0 Å². The van der Waals surface area contributed by atoms with Crippen molar-refractivity contribution in [2.45, 2.75) is 32.0 Å². The molecule has 1 saturated heterocycles. The molecule has 1 N–H and O–H groups in total. The van der Waals surface area contributed by atoms with Crippen molar-refractivity contribution >= 4 is 23.3 Å². The molecule has 1 amide bonds. The van der Waals surface area contributed by atoms with E-state index in [0.29, 0.717) is 30.9 Å². The van der Waals surface area contributed by atoms with E-state index in [9.17, 15) is 14.4 Å². The third kappa shape index (κ3) is 5.98. The topological polar surface area (TPSA) is 90.9 Å². The number of carbonyl (C=O) groups is 3. The van der Waals surface area contributed by atoms with Crippen LogP contribution in [0.5, 0.6) is 0 Å². The third-order valence-corrected chi connectivity index (χ3v) is 4.75. The van der Waals surface area contributed by atoms with E-state index >= 15 is 0 Å². The molecule has 1 heterocycles. The standard InChI is InChI=1S/C23H25NO6/c1-23(29-13-14-30-23)18-9-5-10-19(15-18)24-21(26)11-6-12-22(27)28-16-20(25)17-7-3-2-4-8-17/h2-5,7-10,15H,6,11-14,16H2,1H3,(H,24,26). The largest absolute Gasteiger partial charge is 0.457 e. The van der Waals surface area contributed by atoms with Gasteiger partial charge in [-0.1, -0.05) is 42.5 Å². The SMILES string of the molecule is CC1(c2cccc(NC(=O)CCCC(=O)OCC(=O)c3ccccc3)c2)OCCO1. The first-order valence-electron chi connectivity index (χ1n) is 9.88. The highest BCUT2D eigenvalue weighted by Gasteiger charge is 2.33. The van der Waals surface area contributed by atoms with E-state index in [1.165, 1.54) is 0 Å². The first-order valence-corrected chi connectivity index (χ1v) is 9.88. The quantitative estimate of drug-likeness (QED) is 0.502. The second kappa shape index (κ2) is 10.1. The van der Waals surface area contributed by atoms with Crippen molar-refractivity contribution in [3.05, 3.63) is 65.7 Å². The van der Waals surface area contributed by atoms with E-state index in [-0.39, 0.29) is 31.1 Å². The molecular weight excluding hydrogens is 386 g/mol. The van der Waals surface area contributed by atoms with Crippen LogP contribution >= 0.6 is 0 Å². The lowest BCUT2D eigenvalue weighted by Gasteiger charge is -2.23. The molecule has 0 bridgehead atoms. The summed E-state index contributed by atoms with van der Waals surface area (Å²) in [5.41, 5.74) is 1.95. The number of Topliss-reactive ketones (excluding diaryl/α,β-unsaturated/α-hetero) is 1. The Morgan fingerprint density at radius 3 is 2.47 bits per heavy atom. The number of anilines is 1. The van der Waals surface area contributed by atoms with Crippen LogP contribution in [0.15, 0.2) is 54.6 Å². The van der Waals surface area contributed by atoms with Gasteiger partial charge in [0.25, 0.3) is 0 Å². The van der Waals surface area contributed by atoms with E-state index in [1.807, 2.05) is 25.1 Å². The van der Waals surface area contributed by atoms with Crippen molar-refractivity contribution in [1.29, 1.82) is 0 Å². The molecule has 1 aliphatic heterocycles. The van der Waals surface area contributed by atoms with E-state index < -0.39 is 11.8 Å². The predicted molar refractivity (Wildman–Crippen MR) is 110 cm³/mol. The average Bonchev–Trinajstić information content (AvgIpc) is 3.20. The molecule has 158 valence electrons. The van der Waals surface area contributed by atoms with Crippen LogP contribution in [0.1, 0.15) is 42.1 Å². The zero-order valence-corrected chi connectivity index (χ0v) is 16.9. The lowest BCUT2D eigenvalue weighted by Crippen LogP contribution is -2.22. The fourth-order valence-corrected chi connectivity index (χ4v) is 3.10. The van der Waals surface area contributed by atoms with Crippen LogP contribution in [-0.4, -0.2) is 37.5 Å². The molecule has 30 heavy (non-hydrogen) atoms. The zero-order valence-electron chi connectivity index (χ0n) is 16.9. The maximum atomic E-state index is 12.2. The summed E-state index contributed by atoms with van der Waals surface area (Å²) in [4.78, 5) is 35.9. The van der Waals surface area contributed by atoms with Gasteiger partial charge in [-0.3, -0.25) is 14.4 Å². The van der Waals surface area contributed by atoms with Crippen molar-refractivity contribution < 1.29 is 28.6 Å². The van der Waals surface area contributed by atoms with Crippen LogP contribution in [0, 0.1) is 0 Å². The van der Waals surface area contributed by atoms with E-state index in [4.69, 9.17) is 14.2 Å². The highest BCUT2D eigenvalue weighted by Crippen LogP contribution is 2.32. The van der Waals surface area contributed by atoms with Crippen LogP contribution in [0.25, 0.3) is 0 Å². The van der Waals surface area contributed by atoms with Crippen molar-refractivity contribution in [3.8, 4) is 0 Å². The summed E-state index contributed by atoms with van der Waals surface area (Å²) in [6.45, 7) is 2.60. The fourth-order valence-electron chi connectivity index (χ4n) is 3.10. The summed E-state index contributed by atoms with van der Waals surface area (Å²) in [5, 5.41) is 2.81. The molecule has 2 aromatic rings. The van der Waals surface area contributed by atoms with E-state index in [2.05, 4.69) is 5.32 Å². The van der Waals surface area contributed by atoms with Crippen molar-refractivity contribution in [2.24, 2.45) is 0 Å². The number of amides is 1. The average molecular weight is 411 g/mol. The van der Waals surface area contributed by atoms with Gasteiger partial charge in [0.05, 0.1) is 13.2 Å². The summed E-state index contributed by atoms with van der Waals surface area (Å²) in [6, 6.07) is 15.9. The Kier molecular flexibility index (Phi) is 7.32. The number of ketones is 1. The minimum absolute atomic E-state index is 0.0648. The van der Waals surface area contributed by atoms with Gasteiger partial charge in [-0.25, -0.2) is 0 Å². The molecule has 1 fully saturated rings. The molecule has 7 heteroatoms. The molecule has 3 rings (SSSR count). The van der Waals surface area contributed by atoms with Gasteiger partial charge in [0, 0.05) is 29.7 Å². The summed E-state index contributed by atoms with van der Waals surface area (Å²) in [5.74, 6) is -1.77. The van der Waals surface area contributed by atoms with Gasteiger partial charge in [-0.15, -0.1) is 0 Å². The maximum absolute atomic E-state index is 12.2.